The van der Waals surface area contributed by atoms with Gasteiger partial charge in [0.15, 0.2) is 6.10 Å². The summed E-state index contributed by atoms with van der Waals surface area (Å²) in [6.07, 6.45) is 21.4. The molecule has 2 unspecified atom stereocenters. The number of hydrogen-bond acceptors (Lipinski definition) is 4. The van der Waals surface area contributed by atoms with Crippen molar-refractivity contribution in [3.63, 3.8) is 0 Å². The van der Waals surface area contributed by atoms with Crippen molar-refractivity contribution in [1.82, 2.24) is 9.80 Å². The zero-order chi connectivity index (χ0) is 25.8. The number of fused-ring (bicyclic) bond motifs is 1. The van der Waals surface area contributed by atoms with Gasteiger partial charge in [-0.15, -0.1) is 0 Å². The lowest BCUT2D eigenvalue weighted by Crippen LogP contribution is -2.55. The lowest BCUT2D eigenvalue weighted by molar-refractivity contribution is -0.146. The number of aryl methyl sites for hydroxylation is 1. The Morgan fingerprint density at radius 1 is 1.19 bits per heavy atom. The van der Waals surface area contributed by atoms with Crippen LogP contribution in [0, 0.1) is 5.41 Å². The number of benzene rings is 1. The molecule has 1 amide bonds. The molecule has 0 radical (unpaired) electrons. The summed E-state index contributed by atoms with van der Waals surface area (Å²) in [5.41, 5.74) is 3.47. The fraction of sp³-hybridized carbons (Fsp3) is 0.531. The van der Waals surface area contributed by atoms with Crippen molar-refractivity contribution in [2.24, 2.45) is 5.41 Å². The van der Waals surface area contributed by atoms with E-state index < -0.39 is 6.10 Å². The number of allylic oxidation sites excluding steroid dienone is 2. The molecular weight excluding hydrogens is 460 g/mol. The van der Waals surface area contributed by atoms with Gasteiger partial charge in [-0.3, -0.25) is 4.79 Å². The van der Waals surface area contributed by atoms with Gasteiger partial charge in [-0.25, -0.2) is 0 Å². The maximum atomic E-state index is 13.8. The van der Waals surface area contributed by atoms with E-state index in [0.717, 1.165) is 54.1 Å². The van der Waals surface area contributed by atoms with E-state index >= 15 is 0 Å². The van der Waals surface area contributed by atoms with Crippen molar-refractivity contribution in [1.29, 1.82) is 0 Å². The third-order valence-corrected chi connectivity index (χ3v) is 8.81. The van der Waals surface area contributed by atoms with E-state index in [-0.39, 0.29) is 5.91 Å². The molecule has 5 heteroatoms. The van der Waals surface area contributed by atoms with Gasteiger partial charge in [-0.05, 0) is 75.5 Å². The first-order valence-electron chi connectivity index (χ1n) is 14.2. The summed E-state index contributed by atoms with van der Waals surface area (Å²) < 4.78 is 12.5. The van der Waals surface area contributed by atoms with Crippen LogP contribution >= 0.6 is 0 Å². The summed E-state index contributed by atoms with van der Waals surface area (Å²) in [4.78, 5) is 18.0. The quantitative estimate of drug-likeness (QED) is 0.406. The van der Waals surface area contributed by atoms with Crippen LogP contribution in [0.25, 0.3) is 0 Å². The molecule has 2 fully saturated rings. The molecule has 2 aliphatic heterocycles. The summed E-state index contributed by atoms with van der Waals surface area (Å²) in [5, 5.41) is 0. The van der Waals surface area contributed by atoms with Gasteiger partial charge in [-0.1, -0.05) is 50.5 Å². The zero-order valence-electron chi connectivity index (χ0n) is 22.6. The second-order valence-electron chi connectivity index (χ2n) is 11.1. The first-order chi connectivity index (χ1) is 18.0. The largest absolute Gasteiger partial charge is 0.489 e. The van der Waals surface area contributed by atoms with E-state index in [4.69, 9.17) is 9.47 Å². The van der Waals surface area contributed by atoms with Gasteiger partial charge in [-0.2, -0.15) is 0 Å². The number of amides is 1. The topological polar surface area (TPSA) is 42.0 Å². The highest BCUT2D eigenvalue weighted by Gasteiger charge is 2.47. The molecule has 4 aliphatic rings. The first kappa shape index (κ1) is 25.7. The van der Waals surface area contributed by atoms with Crippen molar-refractivity contribution < 1.29 is 14.3 Å². The number of ether oxygens (including phenoxy) is 2. The molecule has 1 aromatic carbocycles. The van der Waals surface area contributed by atoms with Gasteiger partial charge in [0.1, 0.15) is 18.1 Å². The molecule has 2 aliphatic carbocycles. The Labute approximate surface area is 222 Å². The average Bonchev–Trinajstić information content (AvgIpc) is 3.38. The Hall–Kier alpha value is -2.95. The first-order valence-corrected chi connectivity index (χ1v) is 14.2. The minimum absolute atomic E-state index is 0.180. The molecule has 5 nitrogen and oxygen atoms in total. The van der Waals surface area contributed by atoms with E-state index in [2.05, 4.69) is 24.5 Å². The maximum Gasteiger partial charge on any atom is 0.263 e. The van der Waals surface area contributed by atoms with Crippen LogP contribution in [-0.4, -0.2) is 41.0 Å². The van der Waals surface area contributed by atoms with E-state index in [1.807, 2.05) is 54.6 Å². The van der Waals surface area contributed by atoms with Crippen LogP contribution in [0.2, 0.25) is 0 Å². The number of nitrogens with zero attached hydrogens (tertiary/aromatic N) is 2. The predicted molar refractivity (Wildman–Crippen MR) is 148 cm³/mol. The molecule has 198 valence electrons. The van der Waals surface area contributed by atoms with Crippen LogP contribution in [-0.2, 0) is 11.2 Å². The molecule has 1 aromatic rings. The highest BCUT2D eigenvalue weighted by molar-refractivity contribution is 5.82. The summed E-state index contributed by atoms with van der Waals surface area (Å²) in [6, 6.07) is 6.41. The van der Waals surface area contributed by atoms with E-state index in [1.54, 1.807) is 0 Å². The lowest BCUT2D eigenvalue weighted by Gasteiger charge is -2.48. The molecule has 0 bridgehead atoms. The van der Waals surface area contributed by atoms with Crippen LogP contribution in [0.1, 0.15) is 77.2 Å². The smallest absolute Gasteiger partial charge is 0.263 e. The van der Waals surface area contributed by atoms with Crippen LogP contribution in [0.5, 0.6) is 11.5 Å². The Morgan fingerprint density at radius 3 is 2.73 bits per heavy atom. The average molecular weight is 503 g/mol. The summed E-state index contributed by atoms with van der Waals surface area (Å²) >= 11 is 0. The molecule has 0 N–H and O–H groups in total. The number of carbonyl (C=O) groups is 1. The number of hydrogen-bond donors (Lipinski definition) is 0. The van der Waals surface area contributed by atoms with E-state index in [9.17, 15) is 4.79 Å². The van der Waals surface area contributed by atoms with Gasteiger partial charge in [0.2, 0.25) is 0 Å². The van der Waals surface area contributed by atoms with Gasteiger partial charge in [0.25, 0.3) is 5.91 Å². The molecule has 1 spiro atoms. The molecule has 37 heavy (non-hydrogen) atoms. The van der Waals surface area contributed by atoms with E-state index in [1.165, 1.54) is 44.9 Å². The van der Waals surface area contributed by atoms with Gasteiger partial charge in [0, 0.05) is 42.3 Å². The number of likely N-dealkylation sites (N-methyl/N-ethyl adjacent to an activating group) is 1. The van der Waals surface area contributed by atoms with Crippen molar-refractivity contribution in [2.45, 2.75) is 90.2 Å². The maximum absolute atomic E-state index is 13.8. The fourth-order valence-electron chi connectivity index (χ4n) is 6.91. The summed E-state index contributed by atoms with van der Waals surface area (Å²) in [7, 11) is 0. The SMILES string of the molecule is C=C1C=CC(COc2ccc3c(c2)OC(C(=O)N(CC)C2CCCCC24CCCC4)CC3)=CN1/C=C\C. The molecule has 0 aromatic heterocycles. The van der Waals surface area contributed by atoms with Crippen molar-refractivity contribution >= 4 is 5.91 Å². The van der Waals surface area contributed by atoms with Crippen molar-refractivity contribution in [3.8, 4) is 11.5 Å². The fourth-order valence-corrected chi connectivity index (χ4v) is 6.91. The molecule has 2 heterocycles. The van der Waals surface area contributed by atoms with Crippen LogP contribution in [0.3, 0.4) is 0 Å². The molecule has 0 saturated heterocycles. The molecule has 5 rings (SSSR count). The molecular formula is C32H42N2O3. The highest BCUT2D eigenvalue weighted by atomic mass is 16.5. The second kappa shape index (κ2) is 11.2. The summed E-state index contributed by atoms with van der Waals surface area (Å²) in [6.45, 7) is 9.40. The van der Waals surface area contributed by atoms with Crippen molar-refractivity contribution in [3.05, 3.63) is 72.2 Å². The number of carbonyl (C=O) groups excluding carboxylic acids is 1. The Balaban J connectivity index is 1.26. The number of rotatable bonds is 7. The van der Waals surface area contributed by atoms with Crippen LogP contribution in [0.4, 0.5) is 0 Å². The van der Waals surface area contributed by atoms with Crippen molar-refractivity contribution in [2.75, 3.05) is 13.2 Å². The molecule has 2 saturated carbocycles. The Morgan fingerprint density at radius 2 is 1.97 bits per heavy atom. The third-order valence-electron chi connectivity index (χ3n) is 8.81. The minimum Gasteiger partial charge on any atom is -0.489 e. The van der Waals surface area contributed by atoms with Gasteiger partial charge < -0.3 is 19.3 Å². The Bertz CT molecular complexity index is 1100. The summed E-state index contributed by atoms with van der Waals surface area (Å²) in [5.74, 6) is 1.72. The highest BCUT2D eigenvalue weighted by Crippen LogP contribution is 2.51. The third kappa shape index (κ3) is 5.37. The van der Waals surface area contributed by atoms with Crippen LogP contribution in [0.15, 0.2) is 66.7 Å². The second-order valence-corrected chi connectivity index (χ2v) is 11.1. The van der Waals surface area contributed by atoms with Gasteiger partial charge >= 0.3 is 0 Å². The zero-order valence-corrected chi connectivity index (χ0v) is 22.6. The van der Waals surface area contributed by atoms with Gasteiger partial charge in [0.05, 0.1) is 0 Å². The minimum atomic E-state index is -0.410. The lowest BCUT2D eigenvalue weighted by atomic mass is 9.68. The normalized spacial score (nSPS) is 24.6. The van der Waals surface area contributed by atoms with Crippen LogP contribution < -0.4 is 9.47 Å². The monoisotopic (exact) mass is 502 g/mol. The Kier molecular flexibility index (Phi) is 7.78. The molecule has 2 atom stereocenters. The predicted octanol–water partition coefficient (Wildman–Crippen LogP) is 6.91. The van der Waals surface area contributed by atoms with E-state index in [0.29, 0.717) is 18.1 Å². The standard InChI is InChI=1S/C32H42N2O3/c1-4-20-33-22-25(12-11-24(33)3)23-36-27-15-13-26-14-16-28(37-29(26)21-27)31(35)34(5-2)30-10-6-7-17-32(30)18-8-9-19-32/h4,11-13,15,20-22,28,30H,3,5-10,14,16-19,23H2,1-2H3/b20-4-.